The van der Waals surface area contributed by atoms with Crippen LogP contribution in [0.15, 0.2) is 0 Å². The molecule has 2 N–H and O–H groups in total. The summed E-state index contributed by atoms with van der Waals surface area (Å²) in [5, 5.41) is 11.6. The van der Waals surface area contributed by atoms with E-state index in [0.717, 1.165) is 24.8 Å². The Hall–Kier alpha value is -0.570. The van der Waals surface area contributed by atoms with Gasteiger partial charge in [0, 0.05) is 0 Å². The lowest BCUT2D eigenvalue weighted by Gasteiger charge is -2.18. The van der Waals surface area contributed by atoms with Gasteiger partial charge < -0.3 is 10.4 Å². The number of carboxylic acids is 1. The average Bonchev–Trinajstić information content (AvgIpc) is 2.63. The van der Waals surface area contributed by atoms with Crippen LogP contribution in [-0.4, -0.2) is 23.7 Å². The van der Waals surface area contributed by atoms with Crippen molar-refractivity contribution in [1.82, 2.24) is 5.32 Å². The first-order valence-corrected chi connectivity index (χ1v) is 3.73. The third-order valence-electron chi connectivity index (χ3n) is 2.53. The molecule has 10 heavy (non-hydrogen) atoms. The maximum absolute atomic E-state index is 10.5. The van der Waals surface area contributed by atoms with Crippen LogP contribution in [0.25, 0.3) is 0 Å². The summed E-state index contributed by atoms with van der Waals surface area (Å²) >= 11 is 0. The molecule has 0 amide bonds. The first-order chi connectivity index (χ1) is 4.77. The van der Waals surface area contributed by atoms with E-state index in [9.17, 15) is 4.79 Å². The molecule has 3 atom stereocenters. The second-order valence-corrected chi connectivity index (χ2v) is 3.29. The Kier molecular flexibility index (Phi) is 1.20. The molecule has 1 aliphatic heterocycles. The fraction of sp³-hybridized carbons (Fsp3) is 0.857. The fourth-order valence-electron chi connectivity index (χ4n) is 1.72. The van der Waals surface area contributed by atoms with E-state index < -0.39 is 5.97 Å². The molecule has 0 bridgehead atoms. The van der Waals surface area contributed by atoms with Crippen molar-refractivity contribution in [2.45, 2.75) is 18.9 Å². The van der Waals surface area contributed by atoms with Crippen LogP contribution < -0.4 is 5.32 Å². The van der Waals surface area contributed by atoms with Crippen LogP contribution in [0.1, 0.15) is 12.8 Å². The molecule has 0 aromatic heterocycles. The first kappa shape index (κ1) is 6.16. The van der Waals surface area contributed by atoms with Crippen molar-refractivity contribution in [3.8, 4) is 0 Å². The summed E-state index contributed by atoms with van der Waals surface area (Å²) in [5.74, 6) is 0.836. The van der Waals surface area contributed by atoms with Crippen molar-refractivity contribution >= 4 is 5.97 Å². The van der Waals surface area contributed by atoms with Gasteiger partial charge in [0.05, 0.1) is 0 Å². The zero-order chi connectivity index (χ0) is 7.14. The molecule has 3 nitrogen and oxygen atoms in total. The van der Waals surface area contributed by atoms with E-state index >= 15 is 0 Å². The summed E-state index contributed by atoms with van der Waals surface area (Å²) in [6.45, 7) is 0.918. The molecule has 1 saturated heterocycles. The Labute approximate surface area is 59.4 Å². The Morgan fingerprint density at radius 1 is 1.40 bits per heavy atom. The summed E-state index contributed by atoms with van der Waals surface area (Å²) in [6.07, 6.45) is 2.09. The lowest BCUT2D eigenvalue weighted by molar-refractivity contribution is -0.140. The van der Waals surface area contributed by atoms with Gasteiger partial charge in [-0.15, -0.1) is 0 Å². The number of hydrogen-bond acceptors (Lipinski definition) is 2. The molecular formula is C7H11NO2. The molecule has 56 valence electrons. The highest BCUT2D eigenvalue weighted by Crippen LogP contribution is 2.43. The van der Waals surface area contributed by atoms with Crippen LogP contribution in [0.5, 0.6) is 0 Å². The molecule has 3 unspecified atom stereocenters. The predicted octanol–water partition coefficient (Wildman–Crippen LogP) is 0.0690. The molecular weight excluding hydrogens is 130 g/mol. The molecule has 0 aromatic rings. The van der Waals surface area contributed by atoms with Gasteiger partial charge in [0.2, 0.25) is 0 Å². The smallest absolute Gasteiger partial charge is 0.320 e. The highest BCUT2D eigenvalue weighted by atomic mass is 16.4. The number of piperidine rings is 1. The Morgan fingerprint density at radius 3 is 2.80 bits per heavy atom. The second kappa shape index (κ2) is 1.95. The minimum atomic E-state index is -0.689. The number of nitrogens with one attached hydrogen (secondary N) is 1. The molecule has 0 spiro atoms. The van der Waals surface area contributed by atoms with E-state index in [-0.39, 0.29) is 6.04 Å². The standard InChI is InChI=1S/C7H11NO2/c9-7(10)6-2-4-1-5(4)3-8-6/h4-6,8H,1-3H2,(H,9,10). The monoisotopic (exact) mass is 141 g/mol. The van der Waals surface area contributed by atoms with Crippen molar-refractivity contribution in [2.75, 3.05) is 6.54 Å². The summed E-state index contributed by atoms with van der Waals surface area (Å²) in [6, 6.07) is -0.260. The normalized spacial score (nSPS) is 44.2. The largest absolute Gasteiger partial charge is 0.480 e. The number of carboxylic acid groups (broad SMARTS) is 1. The topological polar surface area (TPSA) is 49.3 Å². The van der Waals surface area contributed by atoms with E-state index in [1.54, 1.807) is 0 Å². The summed E-state index contributed by atoms with van der Waals surface area (Å²) in [5.41, 5.74) is 0. The molecule has 1 heterocycles. The zero-order valence-corrected chi connectivity index (χ0v) is 5.71. The summed E-state index contributed by atoms with van der Waals surface area (Å²) in [7, 11) is 0. The summed E-state index contributed by atoms with van der Waals surface area (Å²) in [4.78, 5) is 10.5. The molecule has 2 aliphatic rings. The number of aliphatic carboxylic acids is 1. The van der Waals surface area contributed by atoms with Crippen molar-refractivity contribution in [2.24, 2.45) is 11.8 Å². The fourth-order valence-corrected chi connectivity index (χ4v) is 1.72. The molecule has 1 aliphatic carbocycles. The van der Waals surface area contributed by atoms with Crippen LogP contribution in [0.4, 0.5) is 0 Å². The third-order valence-corrected chi connectivity index (χ3v) is 2.53. The highest BCUT2D eigenvalue weighted by Gasteiger charge is 2.43. The molecule has 0 aromatic carbocycles. The van der Waals surface area contributed by atoms with Gasteiger partial charge in [-0.1, -0.05) is 0 Å². The van der Waals surface area contributed by atoms with Gasteiger partial charge in [-0.2, -0.15) is 0 Å². The van der Waals surface area contributed by atoms with E-state index in [4.69, 9.17) is 5.11 Å². The average molecular weight is 141 g/mol. The van der Waals surface area contributed by atoms with Gasteiger partial charge in [0.25, 0.3) is 0 Å². The van der Waals surface area contributed by atoms with Gasteiger partial charge in [-0.25, -0.2) is 0 Å². The molecule has 0 radical (unpaired) electrons. The van der Waals surface area contributed by atoms with Gasteiger partial charge in [0.1, 0.15) is 6.04 Å². The molecule has 2 rings (SSSR count). The maximum atomic E-state index is 10.5. The molecule has 2 fully saturated rings. The van der Waals surface area contributed by atoms with Crippen LogP contribution in [0, 0.1) is 11.8 Å². The SMILES string of the molecule is O=C(O)C1CC2CC2CN1. The molecule has 3 heteroatoms. The van der Waals surface area contributed by atoms with E-state index in [2.05, 4.69) is 5.32 Å². The minimum absolute atomic E-state index is 0.260. The number of rotatable bonds is 1. The van der Waals surface area contributed by atoms with E-state index in [1.807, 2.05) is 0 Å². The maximum Gasteiger partial charge on any atom is 0.320 e. The van der Waals surface area contributed by atoms with Crippen LogP contribution in [0.3, 0.4) is 0 Å². The Balaban J connectivity index is 1.94. The highest BCUT2D eigenvalue weighted by molar-refractivity contribution is 5.73. The lowest BCUT2D eigenvalue weighted by atomic mass is 10.1. The lowest BCUT2D eigenvalue weighted by Crippen LogP contribution is -2.41. The second-order valence-electron chi connectivity index (χ2n) is 3.29. The van der Waals surface area contributed by atoms with E-state index in [0.29, 0.717) is 0 Å². The van der Waals surface area contributed by atoms with Crippen molar-refractivity contribution < 1.29 is 9.90 Å². The number of carbonyl (C=O) groups is 1. The van der Waals surface area contributed by atoms with Gasteiger partial charge >= 0.3 is 5.97 Å². The number of fused-ring (bicyclic) bond motifs is 1. The van der Waals surface area contributed by atoms with Gasteiger partial charge in [0.15, 0.2) is 0 Å². The van der Waals surface area contributed by atoms with Crippen molar-refractivity contribution in [3.63, 3.8) is 0 Å². The Bertz CT molecular complexity index is 169. The minimum Gasteiger partial charge on any atom is -0.480 e. The third kappa shape index (κ3) is 0.904. The van der Waals surface area contributed by atoms with E-state index in [1.165, 1.54) is 6.42 Å². The van der Waals surface area contributed by atoms with Gasteiger partial charge in [-0.3, -0.25) is 4.79 Å². The van der Waals surface area contributed by atoms with Crippen molar-refractivity contribution in [3.05, 3.63) is 0 Å². The zero-order valence-electron chi connectivity index (χ0n) is 5.71. The van der Waals surface area contributed by atoms with Gasteiger partial charge in [-0.05, 0) is 31.2 Å². The van der Waals surface area contributed by atoms with Crippen LogP contribution in [0.2, 0.25) is 0 Å². The quantitative estimate of drug-likeness (QED) is 0.543. The number of hydrogen-bond donors (Lipinski definition) is 2. The first-order valence-electron chi connectivity index (χ1n) is 3.73. The summed E-state index contributed by atoms with van der Waals surface area (Å²) < 4.78 is 0. The van der Waals surface area contributed by atoms with Crippen LogP contribution >= 0.6 is 0 Å². The Morgan fingerprint density at radius 2 is 2.20 bits per heavy atom. The predicted molar refractivity (Wildman–Crippen MR) is 35.6 cm³/mol. The van der Waals surface area contributed by atoms with Crippen LogP contribution in [-0.2, 0) is 4.79 Å². The van der Waals surface area contributed by atoms with Crippen molar-refractivity contribution in [1.29, 1.82) is 0 Å². The molecule has 1 saturated carbocycles.